The number of aliphatic hydroxyl groups is 1. The fourth-order valence-electron chi connectivity index (χ4n) is 4.21. The van der Waals surface area contributed by atoms with E-state index in [-0.39, 0.29) is 11.8 Å². The lowest BCUT2D eigenvalue weighted by molar-refractivity contribution is 0.0358. The zero-order valence-corrected chi connectivity index (χ0v) is 14.7. The summed E-state index contributed by atoms with van der Waals surface area (Å²) < 4.78 is 1.85. The zero-order chi connectivity index (χ0) is 17.4. The molecule has 25 heavy (non-hydrogen) atoms. The van der Waals surface area contributed by atoms with Crippen molar-refractivity contribution in [1.82, 2.24) is 14.5 Å². The quantitative estimate of drug-likeness (QED) is 0.935. The molecule has 0 saturated carbocycles. The topological polar surface area (TPSA) is 58.4 Å². The molecule has 1 aromatic heterocycles. The highest BCUT2D eigenvalue weighted by molar-refractivity contribution is 5.94. The van der Waals surface area contributed by atoms with E-state index < -0.39 is 6.10 Å². The monoisotopic (exact) mass is 339 g/mol. The lowest BCUT2D eigenvalue weighted by Crippen LogP contribution is -2.42. The first-order chi connectivity index (χ1) is 12.1. The van der Waals surface area contributed by atoms with Crippen LogP contribution < -0.4 is 0 Å². The average molecular weight is 339 g/mol. The molecule has 1 amide bonds. The van der Waals surface area contributed by atoms with Crippen molar-refractivity contribution in [2.24, 2.45) is 13.0 Å². The maximum atomic E-state index is 12.9. The van der Waals surface area contributed by atoms with Crippen molar-refractivity contribution in [2.45, 2.75) is 38.2 Å². The van der Waals surface area contributed by atoms with E-state index in [9.17, 15) is 9.90 Å². The van der Waals surface area contributed by atoms with E-state index >= 15 is 0 Å². The minimum Gasteiger partial charge on any atom is -0.385 e. The number of aliphatic hydroxyl groups excluding tert-OH is 1. The molecule has 2 unspecified atom stereocenters. The van der Waals surface area contributed by atoms with Crippen LogP contribution in [0.4, 0.5) is 0 Å². The number of aryl methyl sites for hydroxylation is 3. The first-order valence-corrected chi connectivity index (χ1v) is 9.20. The van der Waals surface area contributed by atoms with Crippen molar-refractivity contribution >= 4 is 5.91 Å². The van der Waals surface area contributed by atoms with Gasteiger partial charge in [-0.2, -0.15) is 0 Å². The van der Waals surface area contributed by atoms with Crippen molar-refractivity contribution in [3.8, 4) is 0 Å². The van der Waals surface area contributed by atoms with Gasteiger partial charge in [0.15, 0.2) is 0 Å². The summed E-state index contributed by atoms with van der Waals surface area (Å²) >= 11 is 0. The van der Waals surface area contributed by atoms with E-state index in [1.54, 1.807) is 6.20 Å². The molecule has 1 aliphatic heterocycles. The molecule has 0 spiro atoms. The van der Waals surface area contributed by atoms with Crippen LogP contribution in [-0.2, 0) is 19.9 Å². The molecule has 0 radical (unpaired) electrons. The SMILES string of the molecule is Cn1ccnc1C(O)C1CCCN(C(=O)c2ccc3c(c2)CCC3)C1. The lowest BCUT2D eigenvalue weighted by Gasteiger charge is -2.35. The molecular formula is C20H25N3O2. The van der Waals surface area contributed by atoms with Gasteiger partial charge in [-0.15, -0.1) is 0 Å². The Hall–Kier alpha value is -2.14. The number of nitrogens with zero attached hydrogens (tertiary/aromatic N) is 3. The second-order valence-corrected chi connectivity index (χ2v) is 7.33. The van der Waals surface area contributed by atoms with Crippen LogP contribution in [0.5, 0.6) is 0 Å². The van der Waals surface area contributed by atoms with Crippen LogP contribution in [0.1, 0.15) is 52.7 Å². The van der Waals surface area contributed by atoms with Gasteiger partial charge in [0.1, 0.15) is 11.9 Å². The number of piperidine rings is 1. The van der Waals surface area contributed by atoms with Crippen LogP contribution in [0.25, 0.3) is 0 Å². The molecule has 2 atom stereocenters. The number of aromatic nitrogens is 2. The van der Waals surface area contributed by atoms with Gasteiger partial charge >= 0.3 is 0 Å². The maximum Gasteiger partial charge on any atom is 0.253 e. The average Bonchev–Trinajstić information content (AvgIpc) is 3.28. The van der Waals surface area contributed by atoms with Crippen molar-refractivity contribution in [3.05, 3.63) is 53.1 Å². The highest BCUT2D eigenvalue weighted by Gasteiger charge is 2.31. The summed E-state index contributed by atoms with van der Waals surface area (Å²) in [5.41, 5.74) is 3.50. The second-order valence-electron chi connectivity index (χ2n) is 7.33. The van der Waals surface area contributed by atoms with Gasteiger partial charge in [0.05, 0.1) is 0 Å². The molecule has 1 aliphatic carbocycles. The van der Waals surface area contributed by atoms with Crippen LogP contribution >= 0.6 is 0 Å². The van der Waals surface area contributed by atoms with Gasteiger partial charge < -0.3 is 14.6 Å². The van der Waals surface area contributed by atoms with Crippen molar-refractivity contribution in [1.29, 1.82) is 0 Å². The molecular weight excluding hydrogens is 314 g/mol. The number of hydrogen-bond donors (Lipinski definition) is 1. The van der Waals surface area contributed by atoms with Crippen LogP contribution in [0, 0.1) is 5.92 Å². The Morgan fingerprint density at radius 2 is 2.12 bits per heavy atom. The summed E-state index contributed by atoms with van der Waals surface area (Å²) in [7, 11) is 1.89. The molecule has 1 fully saturated rings. The number of rotatable bonds is 3. The lowest BCUT2D eigenvalue weighted by atomic mass is 9.91. The number of fused-ring (bicyclic) bond motifs is 1. The van der Waals surface area contributed by atoms with Crippen LogP contribution in [0.3, 0.4) is 0 Å². The molecule has 1 aromatic carbocycles. The molecule has 1 N–H and O–H groups in total. The van der Waals surface area contributed by atoms with E-state index in [1.807, 2.05) is 28.8 Å². The molecule has 5 heteroatoms. The largest absolute Gasteiger partial charge is 0.385 e. The summed E-state index contributed by atoms with van der Waals surface area (Å²) in [6.07, 6.45) is 8.15. The summed E-state index contributed by atoms with van der Waals surface area (Å²) in [5, 5.41) is 10.7. The molecule has 2 aromatic rings. The third-order valence-electron chi connectivity index (χ3n) is 5.66. The fraction of sp³-hybridized carbons (Fsp3) is 0.500. The Morgan fingerprint density at radius 3 is 2.92 bits per heavy atom. The smallest absolute Gasteiger partial charge is 0.253 e. The number of imidazole rings is 1. The molecule has 2 aliphatic rings. The van der Waals surface area contributed by atoms with Gasteiger partial charge in [-0.05, 0) is 55.4 Å². The summed E-state index contributed by atoms with van der Waals surface area (Å²) in [6, 6.07) is 6.15. The minimum atomic E-state index is -0.629. The first-order valence-electron chi connectivity index (χ1n) is 9.20. The van der Waals surface area contributed by atoms with Crippen molar-refractivity contribution < 1.29 is 9.90 Å². The molecule has 132 valence electrons. The van der Waals surface area contributed by atoms with E-state index in [1.165, 1.54) is 17.5 Å². The van der Waals surface area contributed by atoms with E-state index in [4.69, 9.17) is 0 Å². The highest BCUT2D eigenvalue weighted by atomic mass is 16.3. The summed E-state index contributed by atoms with van der Waals surface area (Å²) in [6.45, 7) is 1.35. The van der Waals surface area contributed by atoms with E-state index in [2.05, 4.69) is 17.1 Å². The van der Waals surface area contributed by atoms with Gasteiger partial charge in [0.25, 0.3) is 5.91 Å². The highest BCUT2D eigenvalue weighted by Crippen LogP contribution is 2.30. The molecule has 0 bridgehead atoms. The molecule has 1 saturated heterocycles. The van der Waals surface area contributed by atoms with E-state index in [0.29, 0.717) is 12.4 Å². The number of likely N-dealkylation sites (tertiary alicyclic amines) is 1. The van der Waals surface area contributed by atoms with Crippen molar-refractivity contribution in [3.63, 3.8) is 0 Å². The Labute approximate surface area is 148 Å². The van der Waals surface area contributed by atoms with Crippen LogP contribution in [-0.4, -0.2) is 38.6 Å². The van der Waals surface area contributed by atoms with E-state index in [0.717, 1.165) is 37.8 Å². The Balaban J connectivity index is 1.49. The minimum absolute atomic E-state index is 0.0354. The number of hydrogen-bond acceptors (Lipinski definition) is 3. The fourth-order valence-corrected chi connectivity index (χ4v) is 4.21. The third kappa shape index (κ3) is 3.09. The standard InChI is InChI=1S/C20H25N3O2/c1-22-11-9-21-19(22)18(24)17-6-3-10-23(13-17)20(25)16-8-7-14-4-2-5-15(14)12-16/h7-9,11-12,17-18,24H,2-6,10,13H2,1H3. The summed E-state index contributed by atoms with van der Waals surface area (Å²) in [5.74, 6) is 0.802. The third-order valence-corrected chi connectivity index (χ3v) is 5.66. The number of carbonyl (C=O) groups is 1. The van der Waals surface area contributed by atoms with Gasteiger partial charge in [0, 0.05) is 44.0 Å². The Kier molecular flexibility index (Phi) is 4.34. The van der Waals surface area contributed by atoms with Gasteiger partial charge in [-0.3, -0.25) is 4.79 Å². The second kappa shape index (κ2) is 6.64. The molecule has 5 nitrogen and oxygen atoms in total. The predicted octanol–water partition coefficient (Wildman–Crippen LogP) is 2.49. The number of benzene rings is 1. The zero-order valence-electron chi connectivity index (χ0n) is 14.7. The van der Waals surface area contributed by atoms with Gasteiger partial charge in [-0.1, -0.05) is 6.07 Å². The Morgan fingerprint density at radius 1 is 1.28 bits per heavy atom. The van der Waals surface area contributed by atoms with Crippen LogP contribution in [0.15, 0.2) is 30.6 Å². The first kappa shape index (κ1) is 16.3. The number of amides is 1. The van der Waals surface area contributed by atoms with Crippen molar-refractivity contribution in [2.75, 3.05) is 13.1 Å². The van der Waals surface area contributed by atoms with Crippen LogP contribution in [0.2, 0.25) is 0 Å². The summed E-state index contributed by atoms with van der Waals surface area (Å²) in [4.78, 5) is 19.1. The normalized spacial score (nSPS) is 21.2. The maximum absolute atomic E-state index is 12.9. The van der Waals surface area contributed by atoms with Gasteiger partial charge in [0.2, 0.25) is 0 Å². The molecule has 2 heterocycles. The van der Waals surface area contributed by atoms with Gasteiger partial charge in [-0.25, -0.2) is 4.98 Å². The predicted molar refractivity (Wildman–Crippen MR) is 95.3 cm³/mol. The molecule has 4 rings (SSSR count). The number of carbonyl (C=O) groups excluding carboxylic acids is 1. The Bertz CT molecular complexity index is 783.